The molecule has 0 bridgehead atoms. The third-order valence-corrected chi connectivity index (χ3v) is 4.33. The van der Waals surface area contributed by atoms with Gasteiger partial charge in [0.15, 0.2) is 5.17 Å². The number of hydrogen-bond donors (Lipinski definition) is 1. The second kappa shape index (κ2) is 7.23. The maximum Gasteiger partial charge on any atom is 0.264 e. The summed E-state index contributed by atoms with van der Waals surface area (Å²) < 4.78 is 5.27. The van der Waals surface area contributed by atoms with Crippen molar-refractivity contribution < 1.29 is 19.4 Å². The van der Waals surface area contributed by atoms with E-state index < -0.39 is 5.97 Å². The average Bonchev–Trinajstić information content (AvgIpc) is 2.95. The van der Waals surface area contributed by atoms with E-state index in [9.17, 15) is 14.7 Å². The lowest BCUT2D eigenvalue weighted by atomic mass is 10.2. The number of thioether (sulfide) groups is 1. The Morgan fingerprint density at radius 3 is 2.68 bits per heavy atom. The summed E-state index contributed by atoms with van der Waals surface area (Å²) in [6, 6.07) is 13.5. The molecule has 0 aliphatic carbocycles. The van der Waals surface area contributed by atoms with Crippen LogP contribution in [0.5, 0.6) is 5.75 Å². The lowest BCUT2D eigenvalue weighted by Crippen LogP contribution is -2.23. The zero-order chi connectivity index (χ0) is 17.8. The number of nitrogens with zero attached hydrogens (tertiary/aromatic N) is 1. The first-order chi connectivity index (χ1) is 12.1. The molecule has 0 aromatic heterocycles. The van der Waals surface area contributed by atoms with Gasteiger partial charge in [0.1, 0.15) is 5.75 Å². The lowest BCUT2D eigenvalue weighted by molar-refractivity contribution is -0.254. The molecule has 1 aliphatic heterocycles. The Bertz CT molecular complexity index is 905. The van der Waals surface area contributed by atoms with E-state index in [2.05, 4.69) is 10.3 Å². The Labute approximate surface area is 148 Å². The molecule has 7 heteroatoms. The molecule has 1 aliphatic rings. The first-order valence-corrected chi connectivity index (χ1v) is 8.13. The number of amides is 1. The van der Waals surface area contributed by atoms with Gasteiger partial charge >= 0.3 is 0 Å². The van der Waals surface area contributed by atoms with Crippen molar-refractivity contribution in [1.29, 1.82) is 0 Å². The monoisotopic (exact) mass is 353 g/mol. The van der Waals surface area contributed by atoms with Crippen LogP contribution in [0, 0.1) is 0 Å². The molecule has 2 aromatic carbocycles. The minimum Gasteiger partial charge on any atom is -0.545 e. The Balaban J connectivity index is 1.91. The summed E-state index contributed by atoms with van der Waals surface area (Å²) in [5.41, 5.74) is 0.954. The number of carbonyl (C=O) groups excluding carboxylic acids is 2. The summed E-state index contributed by atoms with van der Waals surface area (Å²) in [4.78, 5) is 27.9. The van der Waals surface area contributed by atoms with Crippen LogP contribution < -0.4 is 15.2 Å². The number of benzene rings is 2. The molecular formula is C18H13N2O4S-. The summed E-state index contributed by atoms with van der Waals surface area (Å²) in [5.74, 6) is -0.976. The summed E-state index contributed by atoms with van der Waals surface area (Å²) in [7, 11) is 1.56. The Morgan fingerprint density at radius 2 is 1.92 bits per heavy atom. The first-order valence-electron chi connectivity index (χ1n) is 7.31. The molecule has 1 heterocycles. The number of nitrogens with one attached hydrogen (secondary N) is 1. The molecule has 1 fully saturated rings. The topological polar surface area (TPSA) is 90.8 Å². The number of para-hydroxylation sites is 2. The number of rotatable bonds is 4. The predicted octanol–water partition coefficient (Wildman–Crippen LogP) is 1.95. The van der Waals surface area contributed by atoms with Gasteiger partial charge in [0.2, 0.25) is 0 Å². The van der Waals surface area contributed by atoms with E-state index in [0.29, 0.717) is 15.8 Å². The van der Waals surface area contributed by atoms with Crippen LogP contribution >= 0.6 is 11.8 Å². The van der Waals surface area contributed by atoms with Gasteiger partial charge in [0, 0.05) is 11.1 Å². The van der Waals surface area contributed by atoms with Gasteiger partial charge in [-0.3, -0.25) is 4.79 Å². The van der Waals surface area contributed by atoms with Crippen LogP contribution in [0.1, 0.15) is 15.9 Å². The van der Waals surface area contributed by atoms with Gasteiger partial charge in [-0.2, -0.15) is 0 Å². The van der Waals surface area contributed by atoms with E-state index in [1.54, 1.807) is 37.5 Å². The van der Waals surface area contributed by atoms with Crippen molar-refractivity contribution in [1.82, 2.24) is 5.32 Å². The highest BCUT2D eigenvalue weighted by Crippen LogP contribution is 2.31. The number of amidine groups is 1. The van der Waals surface area contributed by atoms with E-state index in [4.69, 9.17) is 4.74 Å². The van der Waals surface area contributed by atoms with Crippen LogP contribution in [0.15, 0.2) is 58.4 Å². The van der Waals surface area contributed by atoms with Crippen LogP contribution in [0.3, 0.4) is 0 Å². The van der Waals surface area contributed by atoms with Crippen LogP contribution in [-0.4, -0.2) is 24.2 Å². The maximum absolute atomic E-state index is 12.1. The molecular weight excluding hydrogens is 340 g/mol. The molecule has 0 spiro atoms. The lowest BCUT2D eigenvalue weighted by Gasteiger charge is -2.06. The number of ether oxygens (including phenoxy) is 1. The van der Waals surface area contributed by atoms with Crippen molar-refractivity contribution in [3.05, 3.63) is 64.6 Å². The SMILES string of the molecule is COc1ccccc1/C=C1\SC(=Nc2ccccc2C(=O)[O-])NC1=O. The average molecular weight is 353 g/mol. The largest absolute Gasteiger partial charge is 0.545 e. The van der Waals surface area contributed by atoms with Crippen molar-refractivity contribution in [2.24, 2.45) is 4.99 Å². The van der Waals surface area contributed by atoms with Gasteiger partial charge in [0.25, 0.3) is 5.91 Å². The minimum absolute atomic E-state index is 0.0352. The predicted molar refractivity (Wildman–Crippen MR) is 94.6 cm³/mol. The summed E-state index contributed by atoms with van der Waals surface area (Å²) in [6.07, 6.45) is 1.70. The number of aromatic carboxylic acids is 1. The highest BCUT2D eigenvalue weighted by Gasteiger charge is 2.24. The third-order valence-electron chi connectivity index (χ3n) is 3.42. The Morgan fingerprint density at radius 1 is 1.20 bits per heavy atom. The molecule has 1 N–H and O–H groups in total. The van der Waals surface area contributed by atoms with Crippen LogP contribution in [0.2, 0.25) is 0 Å². The Hall–Kier alpha value is -3.06. The van der Waals surface area contributed by atoms with Gasteiger partial charge in [-0.05, 0) is 30.0 Å². The fourth-order valence-corrected chi connectivity index (χ4v) is 3.09. The number of carboxylic acid groups (broad SMARTS) is 1. The number of aliphatic imine (C=N–C) groups is 1. The number of carboxylic acids is 1. The van der Waals surface area contributed by atoms with Crippen molar-refractivity contribution in [3.8, 4) is 5.75 Å². The van der Waals surface area contributed by atoms with E-state index in [-0.39, 0.29) is 17.2 Å². The molecule has 6 nitrogen and oxygen atoms in total. The van der Waals surface area contributed by atoms with E-state index in [1.165, 1.54) is 6.07 Å². The van der Waals surface area contributed by atoms with Gasteiger partial charge in [-0.25, -0.2) is 4.99 Å². The van der Waals surface area contributed by atoms with Crippen molar-refractivity contribution >= 4 is 40.6 Å². The highest BCUT2D eigenvalue weighted by molar-refractivity contribution is 8.18. The van der Waals surface area contributed by atoms with Crippen molar-refractivity contribution in [3.63, 3.8) is 0 Å². The maximum atomic E-state index is 12.1. The van der Waals surface area contributed by atoms with Crippen molar-refractivity contribution in [2.75, 3.05) is 7.11 Å². The van der Waals surface area contributed by atoms with Crippen LogP contribution in [0.25, 0.3) is 6.08 Å². The summed E-state index contributed by atoms with van der Waals surface area (Å²) >= 11 is 1.13. The second-order valence-electron chi connectivity index (χ2n) is 5.03. The normalized spacial score (nSPS) is 16.9. The fraction of sp³-hybridized carbons (Fsp3) is 0.0556. The molecule has 0 atom stereocenters. The summed E-state index contributed by atoms with van der Waals surface area (Å²) in [5, 5.41) is 14.1. The van der Waals surface area contributed by atoms with Gasteiger partial charge in [-0.15, -0.1) is 0 Å². The van der Waals surface area contributed by atoms with Crippen LogP contribution in [-0.2, 0) is 4.79 Å². The highest BCUT2D eigenvalue weighted by atomic mass is 32.2. The molecule has 0 unspecified atom stereocenters. The van der Waals surface area contributed by atoms with Crippen molar-refractivity contribution in [2.45, 2.75) is 0 Å². The second-order valence-corrected chi connectivity index (χ2v) is 6.06. The molecule has 126 valence electrons. The minimum atomic E-state index is -1.32. The quantitative estimate of drug-likeness (QED) is 0.849. The molecule has 3 rings (SSSR count). The number of methoxy groups -OCH3 is 1. The van der Waals surface area contributed by atoms with Gasteiger partial charge in [0.05, 0.1) is 23.7 Å². The standard InChI is InChI=1S/C18H14N2O4S/c1-24-14-9-5-2-6-11(14)10-15-16(21)20-18(25-15)19-13-8-4-3-7-12(13)17(22)23/h2-10H,1H3,(H,22,23)(H,19,20,21)/p-1/b15-10-. The van der Waals surface area contributed by atoms with E-state index >= 15 is 0 Å². The first kappa shape index (κ1) is 16.8. The molecule has 25 heavy (non-hydrogen) atoms. The number of hydrogen-bond acceptors (Lipinski definition) is 6. The number of carbonyl (C=O) groups is 2. The van der Waals surface area contributed by atoms with E-state index in [0.717, 1.165) is 17.3 Å². The molecule has 1 saturated heterocycles. The molecule has 1 amide bonds. The Kier molecular flexibility index (Phi) is 4.85. The third kappa shape index (κ3) is 3.72. The van der Waals surface area contributed by atoms with Crippen LogP contribution in [0.4, 0.5) is 5.69 Å². The fourth-order valence-electron chi connectivity index (χ4n) is 2.26. The smallest absolute Gasteiger partial charge is 0.264 e. The van der Waals surface area contributed by atoms with Gasteiger partial charge < -0.3 is 20.0 Å². The van der Waals surface area contributed by atoms with E-state index in [1.807, 2.05) is 18.2 Å². The molecule has 0 radical (unpaired) electrons. The molecule has 0 saturated carbocycles. The molecule has 2 aromatic rings. The zero-order valence-electron chi connectivity index (χ0n) is 13.2. The van der Waals surface area contributed by atoms with Gasteiger partial charge in [-0.1, -0.05) is 36.4 Å². The summed E-state index contributed by atoms with van der Waals surface area (Å²) in [6.45, 7) is 0. The zero-order valence-corrected chi connectivity index (χ0v) is 14.0.